The summed E-state index contributed by atoms with van der Waals surface area (Å²) in [4.78, 5) is 19.1. The Morgan fingerprint density at radius 1 is 0.405 bits per heavy atom. The molecular formula is C32H20N4O. The molecule has 174 valence electrons. The van der Waals surface area contributed by atoms with Gasteiger partial charge in [0.05, 0.1) is 0 Å². The molecule has 5 aromatic carbocycles. The van der Waals surface area contributed by atoms with Crippen LogP contribution in [0.4, 0.5) is 0 Å². The molecule has 0 fully saturated rings. The Balaban J connectivity index is 1.32. The number of hydrogen-bond donors (Lipinski definition) is 0. The van der Waals surface area contributed by atoms with Crippen molar-refractivity contribution in [3.63, 3.8) is 0 Å². The van der Waals surface area contributed by atoms with Crippen molar-refractivity contribution in [2.45, 2.75) is 0 Å². The third-order valence-electron chi connectivity index (χ3n) is 6.34. The van der Waals surface area contributed by atoms with Gasteiger partial charge in [-0.25, -0.2) is 19.9 Å². The van der Waals surface area contributed by atoms with Gasteiger partial charge in [-0.05, 0) is 41.1 Å². The van der Waals surface area contributed by atoms with E-state index in [1.807, 2.05) is 91.0 Å². The maximum atomic E-state index is 5.97. The van der Waals surface area contributed by atoms with Crippen molar-refractivity contribution in [3.05, 3.63) is 121 Å². The fourth-order valence-corrected chi connectivity index (χ4v) is 4.45. The van der Waals surface area contributed by atoms with Crippen LogP contribution in [-0.2, 0) is 0 Å². The van der Waals surface area contributed by atoms with Gasteiger partial charge in [-0.3, -0.25) is 0 Å². The lowest BCUT2D eigenvalue weighted by molar-refractivity contribution is 0.620. The monoisotopic (exact) mass is 476 g/mol. The normalized spacial score (nSPS) is 11.2. The molecule has 2 aromatic heterocycles. The van der Waals surface area contributed by atoms with E-state index < -0.39 is 0 Å². The summed E-state index contributed by atoms with van der Waals surface area (Å²) in [7, 11) is 0. The number of nitrogens with zero attached hydrogens (tertiary/aromatic N) is 4. The van der Waals surface area contributed by atoms with E-state index in [0.29, 0.717) is 23.4 Å². The molecule has 0 N–H and O–H groups in total. The summed E-state index contributed by atoms with van der Waals surface area (Å²) in [6, 6.07) is 40.3. The average Bonchev–Trinajstić information content (AvgIpc) is 3.42. The highest BCUT2D eigenvalue weighted by atomic mass is 16.3. The molecule has 0 radical (unpaired) electrons. The number of aromatic nitrogens is 4. The Labute approximate surface area is 213 Å². The first-order valence-electron chi connectivity index (χ1n) is 12.1. The van der Waals surface area contributed by atoms with Crippen LogP contribution in [0.5, 0.6) is 0 Å². The third-order valence-corrected chi connectivity index (χ3v) is 6.34. The molecule has 7 rings (SSSR count). The lowest BCUT2D eigenvalue weighted by atomic mass is 10.0. The molecule has 0 atom stereocenters. The van der Waals surface area contributed by atoms with Crippen molar-refractivity contribution >= 4 is 21.9 Å². The van der Waals surface area contributed by atoms with Gasteiger partial charge in [-0.1, -0.05) is 91.0 Å². The molecule has 0 spiro atoms. The van der Waals surface area contributed by atoms with Crippen LogP contribution in [0.15, 0.2) is 126 Å². The first kappa shape index (κ1) is 21.1. The minimum absolute atomic E-state index is 0.615. The second-order valence-corrected chi connectivity index (χ2v) is 8.80. The fraction of sp³-hybridized carbons (Fsp3) is 0. The number of oxazole rings is 1. The minimum Gasteiger partial charge on any atom is -0.436 e. The summed E-state index contributed by atoms with van der Waals surface area (Å²) in [6.07, 6.45) is 0. The molecule has 0 unspecified atom stereocenters. The molecule has 37 heavy (non-hydrogen) atoms. The molecule has 0 saturated carbocycles. The van der Waals surface area contributed by atoms with Gasteiger partial charge in [-0.2, -0.15) is 0 Å². The van der Waals surface area contributed by atoms with Gasteiger partial charge < -0.3 is 4.42 Å². The van der Waals surface area contributed by atoms with E-state index in [1.165, 1.54) is 0 Å². The van der Waals surface area contributed by atoms with Crippen LogP contribution >= 0.6 is 0 Å². The standard InChI is InChI=1S/C32H20N4O/c1-3-9-21(10-4-1)29-34-30(22-11-5-2-6-12-22)36-31(35-29)25-17-15-24-20-26(18-16-23(24)19-25)32-33-27-13-7-8-14-28(27)37-32/h1-20H. The number of benzene rings is 5. The maximum absolute atomic E-state index is 5.97. The molecule has 7 aromatic rings. The van der Waals surface area contributed by atoms with E-state index in [1.54, 1.807) is 0 Å². The molecule has 0 aliphatic rings. The van der Waals surface area contributed by atoms with E-state index in [4.69, 9.17) is 19.4 Å². The number of para-hydroxylation sites is 2. The van der Waals surface area contributed by atoms with E-state index in [2.05, 4.69) is 35.3 Å². The van der Waals surface area contributed by atoms with Crippen LogP contribution in [-0.4, -0.2) is 19.9 Å². The molecule has 0 aliphatic carbocycles. The lowest BCUT2D eigenvalue weighted by Crippen LogP contribution is -2.00. The van der Waals surface area contributed by atoms with Crippen molar-refractivity contribution in [3.8, 4) is 45.6 Å². The Hall–Kier alpha value is -5.16. The number of fused-ring (bicyclic) bond motifs is 2. The van der Waals surface area contributed by atoms with Crippen molar-refractivity contribution in [1.29, 1.82) is 0 Å². The van der Waals surface area contributed by atoms with Gasteiger partial charge >= 0.3 is 0 Å². The van der Waals surface area contributed by atoms with Gasteiger partial charge in [0.1, 0.15) is 5.52 Å². The van der Waals surface area contributed by atoms with Gasteiger partial charge in [-0.15, -0.1) is 0 Å². The van der Waals surface area contributed by atoms with Crippen LogP contribution < -0.4 is 0 Å². The van der Waals surface area contributed by atoms with Crippen molar-refractivity contribution < 1.29 is 4.42 Å². The molecule has 0 aliphatic heterocycles. The Morgan fingerprint density at radius 2 is 0.919 bits per heavy atom. The zero-order chi connectivity index (χ0) is 24.6. The smallest absolute Gasteiger partial charge is 0.227 e. The summed E-state index contributed by atoms with van der Waals surface area (Å²) in [5.41, 5.74) is 5.41. The molecule has 0 amide bonds. The summed E-state index contributed by atoms with van der Waals surface area (Å²) in [5.74, 6) is 2.55. The molecular weight excluding hydrogens is 456 g/mol. The van der Waals surface area contributed by atoms with E-state index in [0.717, 1.165) is 44.1 Å². The number of hydrogen-bond acceptors (Lipinski definition) is 5. The minimum atomic E-state index is 0.615. The van der Waals surface area contributed by atoms with Crippen LogP contribution in [0.2, 0.25) is 0 Å². The Bertz CT molecular complexity index is 1790. The van der Waals surface area contributed by atoms with Crippen LogP contribution in [0.1, 0.15) is 0 Å². The molecule has 5 heteroatoms. The van der Waals surface area contributed by atoms with Crippen LogP contribution in [0, 0.1) is 0 Å². The molecule has 2 heterocycles. The largest absolute Gasteiger partial charge is 0.436 e. The SMILES string of the molecule is c1ccc(-c2nc(-c3ccccc3)nc(-c3ccc4cc(-c5nc6ccccc6o5)ccc4c3)n2)cc1. The van der Waals surface area contributed by atoms with Crippen molar-refractivity contribution in [2.75, 3.05) is 0 Å². The lowest BCUT2D eigenvalue weighted by Gasteiger charge is -2.09. The highest BCUT2D eigenvalue weighted by Crippen LogP contribution is 2.30. The van der Waals surface area contributed by atoms with E-state index in [9.17, 15) is 0 Å². The summed E-state index contributed by atoms with van der Waals surface area (Å²) in [6.45, 7) is 0. The third kappa shape index (κ3) is 4.02. The van der Waals surface area contributed by atoms with Gasteiger partial charge in [0.2, 0.25) is 5.89 Å². The second-order valence-electron chi connectivity index (χ2n) is 8.80. The van der Waals surface area contributed by atoms with Gasteiger partial charge in [0.25, 0.3) is 0 Å². The first-order chi connectivity index (χ1) is 18.3. The van der Waals surface area contributed by atoms with Crippen molar-refractivity contribution in [1.82, 2.24) is 19.9 Å². The zero-order valence-electron chi connectivity index (χ0n) is 19.7. The second kappa shape index (κ2) is 8.81. The topological polar surface area (TPSA) is 64.7 Å². The van der Waals surface area contributed by atoms with Crippen LogP contribution in [0.25, 0.3) is 67.5 Å². The van der Waals surface area contributed by atoms with Gasteiger partial charge in [0, 0.05) is 22.3 Å². The highest BCUT2D eigenvalue weighted by Gasteiger charge is 2.13. The quantitative estimate of drug-likeness (QED) is 0.259. The summed E-state index contributed by atoms with van der Waals surface area (Å²) < 4.78 is 5.97. The summed E-state index contributed by atoms with van der Waals surface area (Å²) >= 11 is 0. The fourth-order valence-electron chi connectivity index (χ4n) is 4.45. The van der Waals surface area contributed by atoms with Crippen LogP contribution in [0.3, 0.4) is 0 Å². The molecule has 0 bridgehead atoms. The van der Waals surface area contributed by atoms with E-state index >= 15 is 0 Å². The Kier molecular flexibility index (Phi) is 5.03. The summed E-state index contributed by atoms with van der Waals surface area (Å²) in [5, 5.41) is 2.17. The highest BCUT2D eigenvalue weighted by molar-refractivity contribution is 5.90. The predicted molar refractivity (Wildman–Crippen MR) is 147 cm³/mol. The number of rotatable bonds is 4. The van der Waals surface area contributed by atoms with E-state index in [-0.39, 0.29) is 0 Å². The maximum Gasteiger partial charge on any atom is 0.227 e. The molecule has 0 saturated heterocycles. The zero-order valence-corrected chi connectivity index (χ0v) is 19.7. The predicted octanol–water partition coefficient (Wildman–Crippen LogP) is 7.83. The Morgan fingerprint density at radius 3 is 1.54 bits per heavy atom. The van der Waals surface area contributed by atoms with Gasteiger partial charge in [0.15, 0.2) is 23.1 Å². The van der Waals surface area contributed by atoms with Crippen molar-refractivity contribution in [2.24, 2.45) is 0 Å². The average molecular weight is 477 g/mol. The molecule has 5 nitrogen and oxygen atoms in total. The first-order valence-corrected chi connectivity index (χ1v) is 12.1.